The molecule has 1 spiro atoms. The number of carbonyl (C=O) groups is 1. The van der Waals surface area contributed by atoms with Crippen molar-refractivity contribution in [1.29, 1.82) is 0 Å². The van der Waals surface area contributed by atoms with Gasteiger partial charge >= 0.3 is 0 Å². The Morgan fingerprint density at radius 3 is 2.21 bits per heavy atom. The fourth-order valence-electron chi connectivity index (χ4n) is 8.72. The van der Waals surface area contributed by atoms with E-state index in [2.05, 4.69) is 0 Å². The molecule has 4 saturated carbocycles. The van der Waals surface area contributed by atoms with Crippen LogP contribution in [-0.2, 0) is 36.4 Å². The third-order valence-corrected chi connectivity index (χ3v) is 10.9. The highest BCUT2D eigenvalue weighted by Crippen LogP contribution is 2.69. The number of benzene rings is 2. The van der Waals surface area contributed by atoms with E-state index in [-0.39, 0.29) is 6.61 Å². The van der Waals surface area contributed by atoms with E-state index in [9.17, 15) is 30.3 Å². The Labute approximate surface area is 272 Å². The van der Waals surface area contributed by atoms with E-state index in [0.29, 0.717) is 28.9 Å². The van der Waals surface area contributed by atoms with Gasteiger partial charge in [0.25, 0.3) is 5.79 Å². The standard InChI is InChI=1S/C35H42O12/c1-42-35(34(46-47-35)24-11-20-10-21(13-24)14-25(34)12-20)23-6-4-22(5-7-26(38)16-36)28(15-23)43-18-19-2-8-27(9-3-19)44-33-32(41)31(40)30(39)29(17-37)45-33/h2-9,15,20-21,24-25,29-33,36-37,39-41H,10-14,16-18H2,1H3/b7-5+/t20?,21?,24?,25?,29?,30-,31-,32?,33+,34?,35?/m0/s1. The molecular weight excluding hydrogens is 612 g/mol. The summed E-state index contributed by atoms with van der Waals surface area (Å²) in [6.45, 7) is -1.01. The maximum Gasteiger partial charge on any atom is 0.260 e. The molecule has 2 aromatic carbocycles. The molecule has 0 aromatic heterocycles. The van der Waals surface area contributed by atoms with Gasteiger partial charge < -0.3 is 44.5 Å². The number of ether oxygens (including phenoxy) is 4. The van der Waals surface area contributed by atoms with Crippen LogP contribution >= 0.6 is 0 Å². The molecule has 6 atom stereocenters. The van der Waals surface area contributed by atoms with E-state index < -0.39 is 61.1 Å². The van der Waals surface area contributed by atoms with Crippen LogP contribution in [0.4, 0.5) is 0 Å². The lowest BCUT2D eigenvalue weighted by Gasteiger charge is -2.68. The Morgan fingerprint density at radius 2 is 1.62 bits per heavy atom. The molecule has 8 rings (SSSR count). The zero-order chi connectivity index (χ0) is 32.9. The van der Waals surface area contributed by atoms with Gasteiger partial charge in [0, 0.05) is 18.2 Å². The van der Waals surface area contributed by atoms with Gasteiger partial charge in [0.2, 0.25) is 6.29 Å². The minimum atomic E-state index is -1.54. The van der Waals surface area contributed by atoms with Crippen LogP contribution in [0.2, 0.25) is 0 Å². The Bertz CT molecular complexity index is 1440. The topological polar surface area (TPSA) is 174 Å². The van der Waals surface area contributed by atoms with Crippen molar-refractivity contribution in [3.8, 4) is 11.5 Å². The Kier molecular flexibility index (Phi) is 8.92. The number of rotatable bonds is 11. The molecule has 2 aliphatic heterocycles. The van der Waals surface area contributed by atoms with Crippen molar-refractivity contribution in [2.75, 3.05) is 20.3 Å². The highest BCUT2D eigenvalue weighted by molar-refractivity contribution is 5.94. The quantitative estimate of drug-likeness (QED) is 0.176. The van der Waals surface area contributed by atoms with Gasteiger partial charge in [0.05, 0.1) is 6.61 Å². The Morgan fingerprint density at radius 1 is 0.915 bits per heavy atom. The van der Waals surface area contributed by atoms with E-state index in [1.807, 2.05) is 18.2 Å². The second kappa shape index (κ2) is 12.8. The van der Waals surface area contributed by atoms with E-state index in [0.717, 1.165) is 48.6 Å². The number of ketones is 1. The summed E-state index contributed by atoms with van der Waals surface area (Å²) in [6.07, 6.45) is 1.70. The molecule has 254 valence electrons. The molecule has 4 bridgehead atoms. The summed E-state index contributed by atoms with van der Waals surface area (Å²) >= 11 is 0. The third kappa shape index (κ3) is 5.49. The van der Waals surface area contributed by atoms with Gasteiger partial charge in [-0.05, 0) is 91.7 Å². The number of aliphatic hydroxyl groups is 5. The Hall–Kier alpha value is -2.91. The molecule has 4 aliphatic carbocycles. The fraction of sp³-hybridized carbons (Fsp3) is 0.571. The van der Waals surface area contributed by atoms with Gasteiger partial charge in [0.1, 0.15) is 49.1 Å². The lowest BCUT2D eigenvalue weighted by Crippen LogP contribution is -2.76. The van der Waals surface area contributed by atoms with Crippen LogP contribution in [0, 0.1) is 23.7 Å². The number of hydrogen-bond acceptors (Lipinski definition) is 12. The molecule has 12 nitrogen and oxygen atoms in total. The zero-order valence-corrected chi connectivity index (χ0v) is 26.1. The molecule has 47 heavy (non-hydrogen) atoms. The maximum atomic E-state index is 11.9. The summed E-state index contributed by atoms with van der Waals surface area (Å²) in [4.78, 5) is 24.0. The van der Waals surface area contributed by atoms with Gasteiger partial charge in [-0.3, -0.25) is 4.79 Å². The van der Waals surface area contributed by atoms with Crippen molar-refractivity contribution in [3.05, 3.63) is 65.2 Å². The zero-order valence-electron chi connectivity index (χ0n) is 26.1. The van der Waals surface area contributed by atoms with Crippen molar-refractivity contribution in [3.63, 3.8) is 0 Å². The lowest BCUT2D eigenvalue weighted by molar-refractivity contribution is -0.645. The number of hydrogen-bond donors (Lipinski definition) is 5. The van der Waals surface area contributed by atoms with Crippen LogP contribution in [0.15, 0.2) is 48.5 Å². The average molecular weight is 655 g/mol. The predicted molar refractivity (Wildman–Crippen MR) is 163 cm³/mol. The second-order valence-electron chi connectivity index (χ2n) is 13.5. The van der Waals surface area contributed by atoms with Gasteiger partial charge in [0.15, 0.2) is 11.4 Å². The summed E-state index contributed by atoms with van der Waals surface area (Å²) in [6, 6.07) is 12.4. The van der Waals surface area contributed by atoms with E-state index in [1.54, 1.807) is 37.5 Å². The van der Waals surface area contributed by atoms with Crippen LogP contribution in [0.5, 0.6) is 11.5 Å². The van der Waals surface area contributed by atoms with E-state index in [4.69, 9.17) is 28.7 Å². The molecular formula is C35H42O12. The van der Waals surface area contributed by atoms with Crippen molar-refractivity contribution >= 4 is 11.9 Å². The number of aliphatic hydroxyl groups excluding tert-OH is 5. The minimum absolute atomic E-state index is 0.148. The molecule has 0 amide bonds. The summed E-state index contributed by atoms with van der Waals surface area (Å²) in [5, 5.41) is 49.1. The highest BCUT2D eigenvalue weighted by Gasteiger charge is 2.76. The van der Waals surface area contributed by atoms with Crippen LogP contribution in [-0.4, -0.2) is 87.9 Å². The van der Waals surface area contributed by atoms with Crippen molar-refractivity contribution < 1.29 is 59.0 Å². The first kappa shape index (κ1) is 32.6. The molecule has 5 N–H and O–H groups in total. The molecule has 12 heteroatoms. The summed E-state index contributed by atoms with van der Waals surface area (Å²) < 4.78 is 23.7. The van der Waals surface area contributed by atoms with Crippen LogP contribution in [0.25, 0.3) is 6.08 Å². The molecule has 6 fully saturated rings. The SMILES string of the molecule is COC1(c2ccc(/C=C/C(=O)CO)c(OCc3ccc(O[C@@H]4OC(CO)[C@H](O)[C@H](O)C4O)cc3)c2)OOC12C1CC3CC(C1)CC2C3. The van der Waals surface area contributed by atoms with Crippen molar-refractivity contribution in [2.24, 2.45) is 23.7 Å². The molecule has 2 heterocycles. The molecule has 2 saturated heterocycles. The van der Waals surface area contributed by atoms with Crippen molar-refractivity contribution in [2.45, 2.75) is 80.8 Å². The lowest BCUT2D eigenvalue weighted by atomic mass is 9.47. The van der Waals surface area contributed by atoms with Gasteiger partial charge in [-0.25, -0.2) is 4.89 Å². The average Bonchev–Trinajstić information content (AvgIpc) is 3.07. The highest BCUT2D eigenvalue weighted by atomic mass is 17.3. The van der Waals surface area contributed by atoms with Crippen LogP contribution in [0.1, 0.15) is 48.8 Å². The smallest absolute Gasteiger partial charge is 0.260 e. The fourth-order valence-corrected chi connectivity index (χ4v) is 8.72. The van der Waals surface area contributed by atoms with E-state index in [1.165, 1.54) is 12.5 Å². The third-order valence-electron chi connectivity index (χ3n) is 10.9. The molecule has 6 aliphatic rings. The number of carbonyl (C=O) groups excluding carboxylic acids is 1. The second-order valence-corrected chi connectivity index (χ2v) is 13.5. The maximum absolute atomic E-state index is 11.9. The van der Waals surface area contributed by atoms with Gasteiger partial charge in [-0.1, -0.05) is 24.3 Å². The monoisotopic (exact) mass is 654 g/mol. The van der Waals surface area contributed by atoms with Crippen LogP contribution < -0.4 is 9.47 Å². The first-order valence-electron chi connectivity index (χ1n) is 16.3. The molecule has 0 radical (unpaired) electrons. The largest absolute Gasteiger partial charge is 0.488 e. The minimum Gasteiger partial charge on any atom is -0.488 e. The molecule has 3 unspecified atom stereocenters. The van der Waals surface area contributed by atoms with Crippen molar-refractivity contribution in [1.82, 2.24) is 0 Å². The number of methoxy groups -OCH3 is 1. The predicted octanol–water partition coefficient (Wildman–Crippen LogP) is 1.97. The van der Waals surface area contributed by atoms with Crippen LogP contribution in [0.3, 0.4) is 0 Å². The van der Waals surface area contributed by atoms with E-state index >= 15 is 0 Å². The first-order chi connectivity index (χ1) is 22.7. The van der Waals surface area contributed by atoms with Gasteiger partial charge in [-0.2, -0.15) is 4.89 Å². The normalized spacial score (nSPS) is 38.9. The summed E-state index contributed by atoms with van der Waals surface area (Å²) in [5.41, 5.74) is 1.60. The summed E-state index contributed by atoms with van der Waals surface area (Å²) in [5.74, 6) is 1.41. The summed E-state index contributed by atoms with van der Waals surface area (Å²) in [7, 11) is 1.65. The molecule has 2 aromatic rings. The van der Waals surface area contributed by atoms with Gasteiger partial charge in [-0.15, -0.1) is 0 Å². The first-order valence-corrected chi connectivity index (χ1v) is 16.3. The Balaban J connectivity index is 1.11.